The van der Waals surface area contributed by atoms with Gasteiger partial charge in [0, 0.05) is 6.92 Å². The van der Waals surface area contributed by atoms with Crippen molar-refractivity contribution in [3.05, 3.63) is 41.0 Å². The lowest BCUT2D eigenvalue weighted by Gasteiger charge is -2.03. The number of carbonyl (C=O) groups excluding carboxylic acids is 1. The van der Waals surface area contributed by atoms with Gasteiger partial charge in [-0.15, -0.1) is 11.3 Å². The predicted molar refractivity (Wildman–Crippen MR) is 62.3 cm³/mol. The Labute approximate surface area is 92.6 Å². The van der Waals surface area contributed by atoms with Crippen LogP contribution in [0, 0.1) is 6.92 Å². The van der Waals surface area contributed by atoms with Gasteiger partial charge in [0.2, 0.25) is 0 Å². The lowest BCUT2D eigenvalue weighted by atomic mass is 10.1. The summed E-state index contributed by atoms with van der Waals surface area (Å²) >= 11 is 1.51. The maximum Gasteiger partial charge on any atom is 0.179 e. The Morgan fingerprint density at radius 1 is 1.33 bits per heavy atom. The number of Topliss-reactive ketones (excluding diaryl/α,β-unsaturated/α-hetero) is 1. The van der Waals surface area contributed by atoms with Crippen molar-refractivity contribution in [1.29, 1.82) is 0 Å². The lowest BCUT2D eigenvalue weighted by Crippen LogP contribution is -1.95. The molecule has 0 saturated heterocycles. The summed E-state index contributed by atoms with van der Waals surface area (Å²) in [6.07, 6.45) is 0. The monoisotopic (exact) mass is 217 g/mol. The molecule has 0 radical (unpaired) electrons. The zero-order chi connectivity index (χ0) is 10.8. The van der Waals surface area contributed by atoms with Crippen LogP contribution < -0.4 is 0 Å². The number of aryl methyl sites for hydroxylation is 1. The molecule has 0 saturated carbocycles. The number of ketones is 1. The summed E-state index contributed by atoms with van der Waals surface area (Å²) in [7, 11) is 0. The molecular formula is C12H11NOS. The van der Waals surface area contributed by atoms with Gasteiger partial charge >= 0.3 is 0 Å². The fraction of sp³-hybridized carbons (Fsp3) is 0.167. The van der Waals surface area contributed by atoms with Crippen LogP contribution in [0.3, 0.4) is 0 Å². The Bertz CT molecular complexity index is 502. The van der Waals surface area contributed by atoms with E-state index < -0.39 is 0 Å². The summed E-state index contributed by atoms with van der Waals surface area (Å²) in [4.78, 5) is 16.4. The Balaban J connectivity index is 2.59. The van der Waals surface area contributed by atoms with Crippen molar-refractivity contribution < 1.29 is 4.79 Å². The summed E-state index contributed by atoms with van der Waals surface area (Å²) in [6.45, 7) is 3.59. The number of carbonyl (C=O) groups is 1. The van der Waals surface area contributed by atoms with Gasteiger partial charge in [-0.2, -0.15) is 0 Å². The molecule has 2 aromatic rings. The van der Waals surface area contributed by atoms with E-state index in [0.717, 1.165) is 10.4 Å². The number of nitrogens with zero attached hydrogens (tertiary/aromatic N) is 1. The van der Waals surface area contributed by atoms with Crippen LogP contribution in [0.4, 0.5) is 0 Å². The molecule has 0 fully saturated rings. The maximum atomic E-state index is 11.4. The number of benzene rings is 1. The van der Waals surface area contributed by atoms with Crippen LogP contribution in [0.2, 0.25) is 0 Å². The molecule has 76 valence electrons. The van der Waals surface area contributed by atoms with Crippen molar-refractivity contribution in [3.63, 3.8) is 0 Å². The Kier molecular flexibility index (Phi) is 2.64. The number of hydrogen-bond donors (Lipinski definition) is 0. The van der Waals surface area contributed by atoms with Crippen molar-refractivity contribution in [3.8, 4) is 10.4 Å². The summed E-state index contributed by atoms with van der Waals surface area (Å²) in [5, 5.41) is 0. The number of hydrogen-bond acceptors (Lipinski definition) is 3. The van der Waals surface area contributed by atoms with Crippen molar-refractivity contribution in [2.24, 2.45) is 0 Å². The minimum atomic E-state index is 0.0227. The molecule has 0 N–H and O–H groups in total. The Morgan fingerprint density at radius 2 is 2.07 bits per heavy atom. The SMILES string of the molecule is CC(=O)c1ncsc1-c1ccccc1C. The van der Waals surface area contributed by atoms with E-state index >= 15 is 0 Å². The molecule has 0 aliphatic carbocycles. The van der Waals surface area contributed by atoms with Crippen LogP contribution >= 0.6 is 11.3 Å². The van der Waals surface area contributed by atoms with Crippen molar-refractivity contribution in [1.82, 2.24) is 4.98 Å². The van der Waals surface area contributed by atoms with E-state index in [1.165, 1.54) is 16.9 Å². The van der Waals surface area contributed by atoms with Gasteiger partial charge in [0.15, 0.2) is 5.78 Å². The third-order valence-corrected chi connectivity index (χ3v) is 3.15. The third-order valence-electron chi connectivity index (χ3n) is 2.29. The molecule has 0 spiro atoms. The number of aromatic nitrogens is 1. The van der Waals surface area contributed by atoms with Crippen LogP contribution in [0.15, 0.2) is 29.8 Å². The molecule has 0 unspecified atom stereocenters. The molecule has 0 amide bonds. The van der Waals surface area contributed by atoms with Gasteiger partial charge in [-0.25, -0.2) is 4.98 Å². The number of thiazole rings is 1. The zero-order valence-electron chi connectivity index (χ0n) is 8.65. The highest BCUT2D eigenvalue weighted by Crippen LogP contribution is 2.30. The molecule has 0 bridgehead atoms. The second-order valence-corrected chi connectivity index (χ2v) is 4.26. The summed E-state index contributed by atoms with van der Waals surface area (Å²) < 4.78 is 0. The summed E-state index contributed by atoms with van der Waals surface area (Å²) in [5.74, 6) is 0.0227. The first kappa shape index (κ1) is 10.1. The van der Waals surface area contributed by atoms with Crippen LogP contribution in [0.5, 0.6) is 0 Å². The summed E-state index contributed by atoms with van der Waals surface area (Å²) in [5.41, 5.74) is 4.57. The van der Waals surface area contributed by atoms with Crippen LogP contribution in [-0.4, -0.2) is 10.8 Å². The lowest BCUT2D eigenvalue weighted by molar-refractivity contribution is 0.101. The molecular weight excluding hydrogens is 206 g/mol. The zero-order valence-corrected chi connectivity index (χ0v) is 9.47. The molecule has 2 nitrogen and oxygen atoms in total. The average molecular weight is 217 g/mol. The molecule has 1 aromatic heterocycles. The van der Waals surface area contributed by atoms with E-state index in [2.05, 4.69) is 4.98 Å². The molecule has 0 aliphatic heterocycles. The predicted octanol–water partition coefficient (Wildman–Crippen LogP) is 3.32. The fourth-order valence-electron chi connectivity index (χ4n) is 1.52. The Hall–Kier alpha value is -1.48. The minimum Gasteiger partial charge on any atom is -0.293 e. The molecule has 15 heavy (non-hydrogen) atoms. The fourth-order valence-corrected chi connectivity index (χ4v) is 2.44. The van der Waals surface area contributed by atoms with Gasteiger partial charge in [-0.3, -0.25) is 4.79 Å². The van der Waals surface area contributed by atoms with Gasteiger partial charge in [-0.05, 0) is 18.1 Å². The largest absolute Gasteiger partial charge is 0.293 e. The quantitative estimate of drug-likeness (QED) is 0.722. The minimum absolute atomic E-state index is 0.0227. The molecule has 3 heteroatoms. The van der Waals surface area contributed by atoms with Gasteiger partial charge < -0.3 is 0 Å². The molecule has 2 rings (SSSR count). The second kappa shape index (κ2) is 3.95. The summed E-state index contributed by atoms with van der Waals surface area (Å²) in [6, 6.07) is 8.04. The van der Waals surface area contributed by atoms with E-state index in [9.17, 15) is 4.79 Å². The topological polar surface area (TPSA) is 30.0 Å². The third kappa shape index (κ3) is 1.83. The number of rotatable bonds is 2. The first-order chi connectivity index (χ1) is 7.20. The van der Waals surface area contributed by atoms with Gasteiger partial charge in [0.05, 0.1) is 10.4 Å². The normalized spacial score (nSPS) is 10.3. The van der Waals surface area contributed by atoms with Crippen LogP contribution in [0.1, 0.15) is 23.0 Å². The second-order valence-electron chi connectivity index (χ2n) is 3.40. The van der Waals surface area contributed by atoms with Crippen molar-refractivity contribution >= 4 is 17.1 Å². The highest BCUT2D eigenvalue weighted by Gasteiger charge is 2.13. The standard InChI is InChI=1S/C12H11NOS/c1-8-5-3-4-6-10(8)12-11(9(2)14)13-7-15-12/h3-7H,1-2H3. The maximum absolute atomic E-state index is 11.4. The van der Waals surface area contributed by atoms with E-state index in [4.69, 9.17) is 0 Å². The van der Waals surface area contributed by atoms with Gasteiger partial charge in [-0.1, -0.05) is 24.3 Å². The highest BCUT2D eigenvalue weighted by atomic mass is 32.1. The molecule has 1 aromatic carbocycles. The van der Waals surface area contributed by atoms with Gasteiger partial charge in [0.25, 0.3) is 0 Å². The van der Waals surface area contributed by atoms with E-state index in [1.807, 2.05) is 31.2 Å². The van der Waals surface area contributed by atoms with Crippen molar-refractivity contribution in [2.45, 2.75) is 13.8 Å². The van der Waals surface area contributed by atoms with Crippen molar-refractivity contribution in [2.75, 3.05) is 0 Å². The highest BCUT2D eigenvalue weighted by molar-refractivity contribution is 7.13. The van der Waals surface area contributed by atoms with Crippen LogP contribution in [-0.2, 0) is 0 Å². The van der Waals surface area contributed by atoms with E-state index in [0.29, 0.717) is 5.69 Å². The molecule has 0 atom stereocenters. The molecule has 0 aliphatic rings. The van der Waals surface area contributed by atoms with Gasteiger partial charge in [0.1, 0.15) is 5.69 Å². The van der Waals surface area contributed by atoms with E-state index in [-0.39, 0.29) is 5.78 Å². The first-order valence-electron chi connectivity index (χ1n) is 4.70. The first-order valence-corrected chi connectivity index (χ1v) is 5.58. The Morgan fingerprint density at radius 3 is 2.73 bits per heavy atom. The molecule has 1 heterocycles. The van der Waals surface area contributed by atoms with E-state index in [1.54, 1.807) is 12.4 Å². The van der Waals surface area contributed by atoms with Crippen LogP contribution in [0.25, 0.3) is 10.4 Å². The smallest absolute Gasteiger partial charge is 0.179 e. The average Bonchev–Trinajstić information content (AvgIpc) is 2.67.